The minimum absolute atomic E-state index is 0.445. The first-order valence-corrected chi connectivity index (χ1v) is 5.14. The lowest BCUT2D eigenvalue weighted by Gasteiger charge is -1.98. The molecular formula is C11H8N2S. The highest BCUT2D eigenvalue weighted by Gasteiger charge is 2.00. The molecule has 0 aliphatic rings. The number of hydrogen-bond acceptors (Lipinski definition) is 3. The fourth-order valence-electron chi connectivity index (χ4n) is 1.23. The van der Waals surface area contributed by atoms with Gasteiger partial charge in [-0.05, 0) is 29.1 Å². The standard InChI is InChI=1S/C11H8N2S/c12-5-3-9-4-6-13-10(8-9)11-2-1-7-14-11/h1-2,4,6-8H,3H2. The molecule has 0 unspecified atom stereocenters. The Balaban J connectivity index is 2.37. The molecule has 0 saturated heterocycles. The monoisotopic (exact) mass is 200 g/mol. The Labute approximate surface area is 86.5 Å². The average molecular weight is 200 g/mol. The van der Waals surface area contributed by atoms with Crippen LogP contribution in [0.1, 0.15) is 5.56 Å². The van der Waals surface area contributed by atoms with Gasteiger partial charge in [0.25, 0.3) is 0 Å². The van der Waals surface area contributed by atoms with Gasteiger partial charge in [0, 0.05) is 6.20 Å². The second-order valence-corrected chi connectivity index (χ2v) is 3.81. The summed E-state index contributed by atoms with van der Waals surface area (Å²) in [5, 5.41) is 10.6. The van der Waals surface area contributed by atoms with Gasteiger partial charge in [-0.15, -0.1) is 11.3 Å². The van der Waals surface area contributed by atoms with Crippen molar-refractivity contribution in [1.82, 2.24) is 4.98 Å². The molecule has 0 saturated carbocycles. The lowest BCUT2D eigenvalue weighted by molar-refractivity contribution is 1.22. The summed E-state index contributed by atoms with van der Waals surface area (Å²) >= 11 is 1.66. The largest absolute Gasteiger partial charge is 0.255 e. The smallest absolute Gasteiger partial charge is 0.0804 e. The van der Waals surface area contributed by atoms with Crippen LogP contribution in [-0.2, 0) is 6.42 Å². The fourth-order valence-corrected chi connectivity index (χ4v) is 1.93. The molecule has 2 heterocycles. The molecule has 2 rings (SSSR count). The number of thiophene rings is 1. The van der Waals surface area contributed by atoms with Crippen LogP contribution in [0.5, 0.6) is 0 Å². The molecule has 2 nitrogen and oxygen atoms in total. The van der Waals surface area contributed by atoms with Crippen LogP contribution in [-0.4, -0.2) is 4.98 Å². The third-order valence-corrected chi connectivity index (χ3v) is 2.77. The molecule has 68 valence electrons. The third kappa shape index (κ3) is 1.81. The maximum atomic E-state index is 8.57. The maximum absolute atomic E-state index is 8.57. The average Bonchev–Trinajstić information content (AvgIpc) is 2.71. The number of nitrogens with zero attached hydrogens (tertiary/aromatic N) is 2. The van der Waals surface area contributed by atoms with Crippen LogP contribution in [0.3, 0.4) is 0 Å². The molecule has 0 fully saturated rings. The van der Waals surface area contributed by atoms with Gasteiger partial charge in [0.2, 0.25) is 0 Å². The Morgan fingerprint density at radius 3 is 3.07 bits per heavy atom. The number of pyridine rings is 1. The summed E-state index contributed by atoms with van der Waals surface area (Å²) in [6.07, 6.45) is 2.20. The van der Waals surface area contributed by atoms with Crippen molar-refractivity contribution < 1.29 is 0 Å². The summed E-state index contributed by atoms with van der Waals surface area (Å²) in [6.45, 7) is 0. The van der Waals surface area contributed by atoms with E-state index >= 15 is 0 Å². The summed E-state index contributed by atoms with van der Waals surface area (Å²) in [5.74, 6) is 0. The topological polar surface area (TPSA) is 36.7 Å². The predicted octanol–water partition coefficient (Wildman–Crippen LogP) is 2.88. The Kier molecular flexibility index (Phi) is 2.57. The maximum Gasteiger partial charge on any atom is 0.0804 e. The summed E-state index contributed by atoms with van der Waals surface area (Å²) in [7, 11) is 0. The highest BCUT2D eigenvalue weighted by molar-refractivity contribution is 7.13. The van der Waals surface area contributed by atoms with E-state index in [0.29, 0.717) is 6.42 Å². The molecule has 0 spiro atoms. The van der Waals surface area contributed by atoms with Gasteiger partial charge >= 0.3 is 0 Å². The summed E-state index contributed by atoms with van der Waals surface area (Å²) in [4.78, 5) is 5.41. The first-order chi connectivity index (χ1) is 6.90. The van der Waals surface area contributed by atoms with E-state index < -0.39 is 0 Å². The van der Waals surface area contributed by atoms with Crippen molar-refractivity contribution in [3.05, 3.63) is 41.4 Å². The lowest BCUT2D eigenvalue weighted by atomic mass is 10.1. The highest BCUT2D eigenvalue weighted by atomic mass is 32.1. The van der Waals surface area contributed by atoms with E-state index in [9.17, 15) is 0 Å². The number of nitriles is 1. The van der Waals surface area contributed by atoms with Crippen LogP contribution in [0.25, 0.3) is 10.6 Å². The van der Waals surface area contributed by atoms with Crippen molar-refractivity contribution in [3.63, 3.8) is 0 Å². The van der Waals surface area contributed by atoms with Gasteiger partial charge in [-0.2, -0.15) is 5.26 Å². The molecule has 14 heavy (non-hydrogen) atoms. The molecule has 0 radical (unpaired) electrons. The molecule has 3 heteroatoms. The van der Waals surface area contributed by atoms with Gasteiger partial charge in [0.15, 0.2) is 0 Å². The Bertz CT molecular complexity index is 454. The predicted molar refractivity (Wildman–Crippen MR) is 56.9 cm³/mol. The van der Waals surface area contributed by atoms with E-state index in [4.69, 9.17) is 5.26 Å². The van der Waals surface area contributed by atoms with Gasteiger partial charge < -0.3 is 0 Å². The lowest BCUT2D eigenvalue weighted by Crippen LogP contribution is -1.85. The molecule has 0 bridgehead atoms. The first-order valence-electron chi connectivity index (χ1n) is 4.26. The quantitative estimate of drug-likeness (QED) is 0.747. The normalized spacial score (nSPS) is 9.64. The Morgan fingerprint density at radius 1 is 1.43 bits per heavy atom. The zero-order valence-electron chi connectivity index (χ0n) is 7.47. The van der Waals surface area contributed by atoms with Gasteiger partial charge in [0.05, 0.1) is 23.1 Å². The van der Waals surface area contributed by atoms with E-state index in [0.717, 1.165) is 16.1 Å². The number of hydrogen-bond donors (Lipinski definition) is 0. The minimum atomic E-state index is 0.445. The zero-order chi connectivity index (χ0) is 9.80. The highest BCUT2D eigenvalue weighted by Crippen LogP contribution is 2.22. The van der Waals surface area contributed by atoms with Gasteiger partial charge in [-0.3, -0.25) is 4.98 Å². The third-order valence-electron chi connectivity index (χ3n) is 1.88. The van der Waals surface area contributed by atoms with E-state index in [2.05, 4.69) is 11.1 Å². The van der Waals surface area contributed by atoms with Gasteiger partial charge in [-0.1, -0.05) is 6.07 Å². The molecular weight excluding hydrogens is 192 g/mol. The van der Waals surface area contributed by atoms with Crippen molar-refractivity contribution >= 4 is 11.3 Å². The fraction of sp³-hybridized carbons (Fsp3) is 0.0909. The van der Waals surface area contributed by atoms with Crippen LogP contribution >= 0.6 is 11.3 Å². The van der Waals surface area contributed by atoms with Crippen LogP contribution in [0.2, 0.25) is 0 Å². The molecule has 0 N–H and O–H groups in total. The molecule has 2 aromatic rings. The molecule has 2 aromatic heterocycles. The number of aromatic nitrogens is 1. The van der Waals surface area contributed by atoms with E-state index in [1.165, 1.54) is 0 Å². The second-order valence-electron chi connectivity index (χ2n) is 2.86. The van der Waals surface area contributed by atoms with Gasteiger partial charge in [-0.25, -0.2) is 0 Å². The van der Waals surface area contributed by atoms with E-state index in [1.807, 2.05) is 29.6 Å². The van der Waals surface area contributed by atoms with E-state index in [-0.39, 0.29) is 0 Å². The second kappa shape index (κ2) is 4.03. The van der Waals surface area contributed by atoms with Crippen molar-refractivity contribution in [2.45, 2.75) is 6.42 Å². The molecule has 0 aliphatic carbocycles. The SMILES string of the molecule is N#CCc1ccnc(-c2cccs2)c1. The molecule has 0 aliphatic heterocycles. The van der Waals surface area contributed by atoms with Crippen LogP contribution in [0.4, 0.5) is 0 Å². The van der Waals surface area contributed by atoms with Gasteiger partial charge in [0.1, 0.15) is 0 Å². The molecule has 0 aromatic carbocycles. The molecule has 0 amide bonds. The van der Waals surface area contributed by atoms with Crippen molar-refractivity contribution in [2.75, 3.05) is 0 Å². The summed E-state index contributed by atoms with van der Waals surface area (Å²) < 4.78 is 0. The summed E-state index contributed by atoms with van der Waals surface area (Å²) in [5.41, 5.74) is 1.97. The van der Waals surface area contributed by atoms with Crippen LogP contribution in [0.15, 0.2) is 35.8 Å². The number of rotatable bonds is 2. The van der Waals surface area contributed by atoms with Crippen molar-refractivity contribution in [1.29, 1.82) is 5.26 Å². The summed E-state index contributed by atoms with van der Waals surface area (Å²) in [6, 6.07) is 10.0. The van der Waals surface area contributed by atoms with Crippen molar-refractivity contribution in [3.8, 4) is 16.6 Å². The van der Waals surface area contributed by atoms with Crippen molar-refractivity contribution in [2.24, 2.45) is 0 Å². The first kappa shape index (κ1) is 8.92. The van der Waals surface area contributed by atoms with E-state index in [1.54, 1.807) is 17.5 Å². The minimum Gasteiger partial charge on any atom is -0.255 e. The molecule has 0 atom stereocenters. The van der Waals surface area contributed by atoms with Crippen LogP contribution < -0.4 is 0 Å². The Morgan fingerprint density at radius 2 is 2.36 bits per heavy atom. The Hall–Kier alpha value is -1.66. The zero-order valence-corrected chi connectivity index (χ0v) is 8.29. The van der Waals surface area contributed by atoms with Crippen LogP contribution in [0, 0.1) is 11.3 Å².